The average molecular weight is 677 g/mol. The van der Waals surface area contributed by atoms with E-state index in [9.17, 15) is 8.78 Å². The Morgan fingerprint density at radius 3 is 1.73 bits per heavy atom. The molecule has 3 aromatic carbocycles. The highest BCUT2D eigenvalue weighted by molar-refractivity contribution is 5.72. The predicted molar refractivity (Wildman–Crippen MR) is 195 cm³/mol. The van der Waals surface area contributed by atoms with Gasteiger partial charge in [-0.1, -0.05) is 127 Å². The molecule has 0 bridgehead atoms. The lowest BCUT2D eigenvalue weighted by atomic mass is 9.68. The van der Waals surface area contributed by atoms with Crippen molar-refractivity contribution in [2.45, 2.75) is 129 Å². The smallest absolute Gasteiger partial charge is 0.201 e. The second-order valence-electron chi connectivity index (χ2n) is 14.6. The van der Waals surface area contributed by atoms with Crippen molar-refractivity contribution in [2.24, 2.45) is 17.8 Å². The van der Waals surface area contributed by atoms with E-state index in [1.807, 2.05) is 13.0 Å². The van der Waals surface area contributed by atoms with Crippen molar-refractivity contribution in [1.29, 1.82) is 0 Å². The van der Waals surface area contributed by atoms with Crippen molar-refractivity contribution in [3.8, 4) is 28.0 Å². The Bertz CT molecular complexity index is 1480. The molecule has 0 N–H and O–H groups in total. The van der Waals surface area contributed by atoms with Gasteiger partial charge in [-0.05, 0) is 97.4 Å². The Labute approximate surface area is 292 Å². The maximum Gasteiger partial charge on any atom is 0.201 e. The van der Waals surface area contributed by atoms with Gasteiger partial charge in [-0.3, -0.25) is 0 Å². The highest BCUT2D eigenvalue weighted by atomic mass is 19.2. The third-order valence-electron chi connectivity index (χ3n) is 11.4. The Hall–Kier alpha value is -3.08. The van der Waals surface area contributed by atoms with Gasteiger partial charge in [0.05, 0.1) is 0 Å². The van der Waals surface area contributed by atoms with Crippen LogP contribution in [0.25, 0.3) is 22.3 Å². The Balaban J connectivity index is 1.12. The molecule has 266 valence electrons. The molecule has 0 spiro atoms. The fourth-order valence-electron chi connectivity index (χ4n) is 8.41. The number of unbranched alkanes of at least 4 members (excludes halogenated alkanes) is 6. The summed E-state index contributed by atoms with van der Waals surface area (Å²) in [5.74, 6) is -1.35. The first kappa shape index (κ1) is 37.2. The second-order valence-corrected chi connectivity index (χ2v) is 14.6. The Kier molecular flexibility index (Phi) is 14.3. The van der Waals surface area contributed by atoms with Crippen LogP contribution in [0, 0.1) is 41.0 Å². The van der Waals surface area contributed by atoms with Crippen molar-refractivity contribution in [3.05, 3.63) is 89.5 Å². The molecule has 0 saturated heterocycles. The molecule has 0 aliphatic heterocycles. The van der Waals surface area contributed by atoms with Gasteiger partial charge in [0.25, 0.3) is 0 Å². The quantitative estimate of drug-likeness (QED) is 0.0833. The SMILES string of the molecule is CCC=CCOc1ccc(-c2ccc(-c3ccc(C4CCC(C5CCC(CCCCCCCCC)CC5)CC4)c(F)c3F)cc2)c(F)c1F. The van der Waals surface area contributed by atoms with Gasteiger partial charge >= 0.3 is 0 Å². The first-order valence-corrected chi connectivity index (χ1v) is 19.3. The normalized spacial score (nSPS) is 21.3. The fraction of sp³-hybridized carbons (Fsp3) is 0.545. The van der Waals surface area contributed by atoms with Crippen molar-refractivity contribution in [2.75, 3.05) is 6.61 Å². The summed E-state index contributed by atoms with van der Waals surface area (Å²) in [4.78, 5) is 0. The molecule has 0 unspecified atom stereocenters. The zero-order chi connectivity index (χ0) is 34.6. The molecule has 2 aliphatic carbocycles. The molecule has 2 aliphatic rings. The highest BCUT2D eigenvalue weighted by Gasteiger charge is 2.32. The van der Waals surface area contributed by atoms with Crippen LogP contribution in [0.2, 0.25) is 0 Å². The Morgan fingerprint density at radius 1 is 0.571 bits per heavy atom. The number of hydrogen-bond acceptors (Lipinski definition) is 1. The van der Waals surface area contributed by atoms with Crippen LogP contribution in [0.15, 0.2) is 60.7 Å². The summed E-state index contributed by atoms with van der Waals surface area (Å²) in [5, 5.41) is 0. The van der Waals surface area contributed by atoms with Crippen molar-refractivity contribution in [1.82, 2.24) is 0 Å². The molecule has 49 heavy (non-hydrogen) atoms. The molecule has 0 aromatic heterocycles. The second kappa shape index (κ2) is 18.8. The molecular weight excluding hydrogens is 620 g/mol. The number of allylic oxidation sites excluding steroid dienone is 1. The summed E-state index contributed by atoms with van der Waals surface area (Å²) in [6.07, 6.45) is 25.0. The first-order valence-electron chi connectivity index (χ1n) is 19.3. The van der Waals surface area contributed by atoms with E-state index in [-0.39, 0.29) is 29.4 Å². The number of halogens is 4. The van der Waals surface area contributed by atoms with E-state index in [1.54, 1.807) is 42.5 Å². The molecule has 5 rings (SSSR count). The number of rotatable bonds is 16. The standard InChI is InChI=1S/C44H56F4O/c1-3-5-7-8-9-10-11-13-31-14-16-32(17-15-31)33-18-20-34(21-19-33)37-26-27-38(42(46)41(37)45)35-22-24-36(25-23-35)39-28-29-40(44(48)43(39)47)49-30-12-6-4-2/h6,12,22-29,31-34H,3-5,7-11,13-21,30H2,1-2H3. The van der Waals surface area contributed by atoms with Gasteiger partial charge in [0.1, 0.15) is 6.61 Å². The minimum atomic E-state index is -1.05. The Morgan fingerprint density at radius 2 is 1.12 bits per heavy atom. The highest BCUT2D eigenvalue weighted by Crippen LogP contribution is 2.45. The maximum absolute atomic E-state index is 15.6. The number of ether oxygens (including phenoxy) is 1. The predicted octanol–water partition coefficient (Wildman–Crippen LogP) is 14.1. The van der Waals surface area contributed by atoms with Crippen molar-refractivity contribution >= 4 is 0 Å². The van der Waals surface area contributed by atoms with E-state index in [0.717, 1.165) is 43.9 Å². The molecule has 0 amide bonds. The minimum Gasteiger partial charge on any atom is -0.486 e. The molecule has 0 atom stereocenters. The van der Waals surface area contributed by atoms with Gasteiger partial charge < -0.3 is 4.74 Å². The lowest BCUT2D eigenvalue weighted by Crippen LogP contribution is -2.25. The summed E-state index contributed by atoms with van der Waals surface area (Å²) in [6.45, 7) is 4.40. The van der Waals surface area contributed by atoms with Crippen LogP contribution in [0.1, 0.15) is 134 Å². The summed E-state index contributed by atoms with van der Waals surface area (Å²) in [5.41, 5.74) is 1.66. The molecule has 2 fully saturated rings. The zero-order valence-electron chi connectivity index (χ0n) is 29.7. The van der Waals surface area contributed by atoms with E-state index in [0.29, 0.717) is 22.6 Å². The lowest BCUT2D eigenvalue weighted by molar-refractivity contribution is 0.155. The van der Waals surface area contributed by atoms with Crippen LogP contribution in [0.4, 0.5) is 17.6 Å². The van der Waals surface area contributed by atoms with Gasteiger partial charge in [0, 0.05) is 11.1 Å². The first-order chi connectivity index (χ1) is 23.9. The largest absolute Gasteiger partial charge is 0.486 e. The van der Waals surface area contributed by atoms with E-state index in [1.165, 1.54) is 89.2 Å². The van der Waals surface area contributed by atoms with Gasteiger partial charge in [-0.15, -0.1) is 0 Å². The van der Waals surface area contributed by atoms with E-state index in [2.05, 4.69) is 6.92 Å². The van der Waals surface area contributed by atoms with E-state index >= 15 is 8.78 Å². The summed E-state index contributed by atoms with van der Waals surface area (Å²) in [6, 6.07) is 12.8. The van der Waals surface area contributed by atoms with E-state index in [4.69, 9.17) is 4.74 Å². The third-order valence-corrected chi connectivity index (χ3v) is 11.4. The van der Waals surface area contributed by atoms with Crippen LogP contribution in [0.3, 0.4) is 0 Å². The zero-order valence-corrected chi connectivity index (χ0v) is 29.7. The fourth-order valence-corrected chi connectivity index (χ4v) is 8.41. The van der Waals surface area contributed by atoms with Crippen molar-refractivity contribution in [3.63, 3.8) is 0 Å². The lowest BCUT2D eigenvalue weighted by Gasteiger charge is -2.38. The molecular formula is C44H56F4O. The molecule has 1 nitrogen and oxygen atoms in total. The molecule has 2 saturated carbocycles. The van der Waals surface area contributed by atoms with Crippen LogP contribution < -0.4 is 4.74 Å². The van der Waals surface area contributed by atoms with Gasteiger partial charge in [0.2, 0.25) is 5.82 Å². The summed E-state index contributed by atoms with van der Waals surface area (Å²) in [7, 11) is 0. The van der Waals surface area contributed by atoms with Crippen LogP contribution in [-0.2, 0) is 0 Å². The molecule has 3 aromatic rings. The monoisotopic (exact) mass is 676 g/mol. The summed E-state index contributed by atoms with van der Waals surface area (Å²) < 4.78 is 66.1. The number of hydrogen-bond donors (Lipinski definition) is 0. The van der Waals surface area contributed by atoms with E-state index < -0.39 is 23.3 Å². The van der Waals surface area contributed by atoms with Crippen molar-refractivity contribution < 1.29 is 22.3 Å². The maximum atomic E-state index is 15.6. The average Bonchev–Trinajstić information content (AvgIpc) is 3.13. The minimum absolute atomic E-state index is 0.0448. The molecule has 5 heteroatoms. The van der Waals surface area contributed by atoms with Gasteiger partial charge in [0.15, 0.2) is 23.2 Å². The summed E-state index contributed by atoms with van der Waals surface area (Å²) >= 11 is 0. The molecule has 0 heterocycles. The third kappa shape index (κ3) is 9.79. The molecule has 0 radical (unpaired) electrons. The topological polar surface area (TPSA) is 9.23 Å². The van der Waals surface area contributed by atoms with Crippen LogP contribution in [-0.4, -0.2) is 6.61 Å². The van der Waals surface area contributed by atoms with Gasteiger partial charge in [-0.25, -0.2) is 13.2 Å². The number of benzene rings is 3. The van der Waals surface area contributed by atoms with Crippen LogP contribution >= 0.6 is 0 Å². The van der Waals surface area contributed by atoms with Gasteiger partial charge in [-0.2, -0.15) is 4.39 Å². The van der Waals surface area contributed by atoms with Crippen LogP contribution in [0.5, 0.6) is 5.75 Å².